The monoisotopic (exact) mass is 251 g/mol. The van der Waals surface area contributed by atoms with E-state index in [-0.39, 0.29) is 5.75 Å². The number of rotatable bonds is 5. The Labute approximate surface area is 97.6 Å². The lowest BCUT2D eigenvalue weighted by molar-refractivity contribution is -0.156. The molecule has 0 aromatic rings. The Morgan fingerprint density at radius 2 is 1.88 bits per heavy atom. The molecule has 1 atom stereocenters. The number of hydrogen-bond acceptors (Lipinski definition) is 4. The summed E-state index contributed by atoms with van der Waals surface area (Å²) in [5, 5.41) is 0. The van der Waals surface area contributed by atoms with Crippen molar-refractivity contribution in [2.75, 3.05) is 5.75 Å². The van der Waals surface area contributed by atoms with Gasteiger partial charge in [-0.25, -0.2) is 13.1 Å². The topological polar surface area (TPSA) is 72.5 Å². The average molecular weight is 251 g/mol. The van der Waals surface area contributed by atoms with Crippen LogP contribution >= 0.6 is 0 Å². The number of carbonyl (C=O) groups excluding carboxylic acids is 1. The highest BCUT2D eigenvalue weighted by Gasteiger charge is 2.24. The Morgan fingerprint density at radius 1 is 1.38 bits per heavy atom. The highest BCUT2D eigenvalue weighted by molar-refractivity contribution is 7.89. The van der Waals surface area contributed by atoms with Gasteiger partial charge in [0.05, 0.1) is 5.75 Å². The first-order valence-corrected chi connectivity index (χ1v) is 6.95. The molecule has 0 amide bonds. The van der Waals surface area contributed by atoms with Crippen molar-refractivity contribution < 1.29 is 17.9 Å². The molecule has 96 valence electrons. The molecular weight excluding hydrogens is 230 g/mol. The average Bonchev–Trinajstić information content (AvgIpc) is 1.99. The van der Waals surface area contributed by atoms with Crippen LogP contribution in [-0.2, 0) is 19.6 Å². The van der Waals surface area contributed by atoms with E-state index in [0.29, 0.717) is 6.42 Å². The second-order valence-electron chi connectivity index (χ2n) is 4.69. The van der Waals surface area contributed by atoms with Crippen molar-refractivity contribution in [1.29, 1.82) is 0 Å². The summed E-state index contributed by atoms with van der Waals surface area (Å²) >= 11 is 0. The van der Waals surface area contributed by atoms with Crippen LogP contribution in [-0.4, -0.2) is 31.8 Å². The molecule has 0 aliphatic carbocycles. The Morgan fingerprint density at radius 3 is 2.25 bits per heavy atom. The number of nitrogens with one attached hydrogen (secondary N) is 1. The molecule has 0 fully saturated rings. The van der Waals surface area contributed by atoms with Crippen molar-refractivity contribution in [3.8, 4) is 0 Å². The number of carbonyl (C=O) groups is 1. The zero-order valence-corrected chi connectivity index (χ0v) is 11.3. The summed E-state index contributed by atoms with van der Waals surface area (Å²) in [5.74, 6) is -0.549. The van der Waals surface area contributed by atoms with Crippen molar-refractivity contribution >= 4 is 16.0 Å². The van der Waals surface area contributed by atoms with Gasteiger partial charge in [0.1, 0.15) is 11.6 Å². The van der Waals surface area contributed by atoms with Crippen LogP contribution < -0.4 is 4.72 Å². The Bertz CT molecular complexity index is 329. The van der Waals surface area contributed by atoms with Crippen LogP contribution in [0.2, 0.25) is 0 Å². The van der Waals surface area contributed by atoms with E-state index >= 15 is 0 Å². The fraction of sp³-hybridized carbons (Fsp3) is 0.900. The van der Waals surface area contributed by atoms with E-state index in [1.165, 1.54) is 6.92 Å². The van der Waals surface area contributed by atoms with E-state index in [1.807, 2.05) is 0 Å². The second kappa shape index (κ2) is 5.63. The van der Waals surface area contributed by atoms with Crippen LogP contribution in [0.5, 0.6) is 0 Å². The van der Waals surface area contributed by atoms with Gasteiger partial charge in [-0.1, -0.05) is 6.92 Å². The van der Waals surface area contributed by atoms with Crippen LogP contribution in [0.4, 0.5) is 0 Å². The normalized spacial score (nSPS) is 14.6. The van der Waals surface area contributed by atoms with E-state index < -0.39 is 27.6 Å². The van der Waals surface area contributed by atoms with E-state index in [4.69, 9.17) is 4.74 Å². The molecule has 0 unspecified atom stereocenters. The van der Waals surface area contributed by atoms with Crippen molar-refractivity contribution in [2.24, 2.45) is 0 Å². The van der Waals surface area contributed by atoms with Gasteiger partial charge in [0, 0.05) is 0 Å². The first kappa shape index (κ1) is 15.4. The van der Waals surface area contributed by atoms with Gasteiger partial charge in [-0.15, -0.1) is 0 Å². The standard InChI is InChI=1S/C10H21NO4S/c1-6-7-16(13,14)11-8(2)9(12)15-10(3,4)5/h8,11H,6-7H2,1-5H3/t8-/m0/s1. The Balaban J connectivity index is 4.37. The fourth-order valence-corrected chi connectivity index (χ4v) is 2.33. The lowest BCUT2D eigenvalue weighted by atomic mass is 10.2. The van der Waals surface area contributed by atoms with Crippen LogP contribution in [0.3, 0.4) is 0 Å². The minimum atomic E-state index is -3.38. The predicted octanol–water partition coefficient (Wildman–Crippen LogP) is 1.05. The molecule has 5 nitrogen and oxygen atoms in total. The molecule has 0 aromatic heterocycles. The quantitative estimate of drug-likeness (QED) is 0.741. The Kier molecular flexibility index (Phi) is 5.41. The van der Waals surface area contributed by atoms with E-state index in [2.05, 4.69) is 4.72 Å². The van der Waals surface area contributed by atoms with Crippen LogP contribution in [0.1, 0.15) is 41.0 Å². The molecule has 1 N–H and O–H groups in total. The molecule has 0 saturated heterocycles. The highest BCUT2D eigenvalue weighted by atomic mass is 32.2. The fourth-order valence-electron chi connectivity index (χ4n) is 1.04. The minimum Gasteiger partial charge on any atom is -0.459 e. The number of ether oxygens (including phenoxy) is 1. The summed E-state index contributed by atoms with van der Waals surface area (Å²) in [6.45, 7) is 8.44. The summed E-state index contributed by atoms with van der Waals surface area (Å²) in [6.07, 6.45) is 0.510. The van der Waals surface area contributed by atoms with Crippen LogP contribution in [0.15, 0.2) is 0 Å². The number of hydrogen-bond donors (Lipinski definition) is 1. The van der Waals surface area contributed by atoms with E-state index in [1.54, 1.807) is 27.7 Å². The molecule has 0 saturated carbocycles. The second-order valence-corrected chi connectivity index (χ2v) is 6.57. The molecule has 0 aromatic carbocycles. The smallest absolute Gasteiger partial charge is 0.324 e. The predicted molar refractivity (Wildman–Crippen MR) is 62.5 cm³/mol. The first-order chi connectivity index (χ1) is 7.07. The number of sulfonamides is 1. The summed E-state index contributed by atoms with van der Waals surface area (Å²) in [7, 11) is -3.38. The molecule has 0 aliphatic heterocycles. The molecule has 6 heteroatoms. The molecule has 0 bridgehead atoms. The van der Waals surface area contributed by atoms with Crippen molar-refractivity contribution in [1.82, 2.24) is 4.72 Å². The largest absolute Gasteiger partial charge is 0.459 e. The molecule has 0 radical (unpaired) electrons. The van der Waals surface area contributed by atoms with Gasteiger partial charge in [0.15, 0.2) is 0 Å². The summed E-state index contributed by atoms with van der Waals surface area (Å²) in [6, 6.07) is -0.851. The molecule has 0 heterocycles. The summed E-state index contributed by atoms with van der Waals surface area (Å²) < 4.78 is 30.1. The molecule has 16 heavy (non-hydrogen) atoms. The third-order valence-corrected chi connectivity index (χ3v) is 3.25. The molecule has 0 rings (SSSR count). The molecule has 0 aliphatic rings. The van der Waals surface area contributed by atoms with Gasteiger partial charge in [-0.3, -0.25) is 4.79 Å². The van der Waals surface area contributed by atoms with E-state index in [9.17, 15) is 13.2 Å². The summed E-state index contributed by atoms with van der Waals surface area (Å²) in [5.41, 5.74) is -0.610. The third-order valence-electron chi connectivity index (χ3n) is 1.59. The Hall–Kier alpha value is -0.620. The van der Waals surface area contributed by atoms with Gasteiger partial charge in [0.2, 0.25) is 10.0 Å². The lowest BCUT2D eigenvalue weighted by Gasteiger charge is -2.22. The van der Waals surface area contributed by atoms with Crippen LogP contribution in [0, 0.1) is 0 Å². The third kappa shape index (κ3) is 6.79. The van der Waals surface area contributed by atoms with Gasteiger partial charge < -0.3 is 4.74 Å². The van der Waals surface area contributed by atoms with Gasteiger partial charge in [-0.2, -0.15) is 0 Å². The van der Waals surface area contributed by atoms with Gasteiger partial charge in [-0.05, 0) is 34.1 Å². The SMILES string of the molecule is CCCS(=O)(=O)N[C@@H](C)C(=O)OC(C)(C)C. The maximum absolute atomic E-state index is 11.5. The molecule has 0 spiro atoms. The van der Waals surface area contributed by atoms with Crippen molar-refractivity contribution in [3.63, 3.8) is 0 Å². The van der Waals surface area contributed by atoms with E-state index in [0.717, 1.165) is 0 Å². The number of esters is 1. The van der Waals surface area contributed by atoms with Crippen molar-refractivity contribution in [3.05, 3.63) is 0 Å². The maximum Gasteiger partial charge on any atom is 0.324 e. The highest BCUT2D eigenvalue weighted by Crippen LogP contribution is 2.08. The van der Waals surface area contributed by atoms with Crippen LogP contribution in [0.25, 0.3) is 0 Å². The zero-order chi connectivity index (χ0) is 13.0. The van der Waals surface area contributed by atoms with Gasteiger partial charge >= 0.3 is 5.97 Å². The maximum atomic E-state index is 11.5. The van der Waals surface area contributed by atoms with Crippen molar-refractivity contribution in [2.45, 2.75) is 52.7 Å². The summed E-state index contributed by atoms with van der Waals surface area (Å²) in [4.78, 5) is 11.5. The lowest BCUT2D eigenvalue weighted by Crippen LogP contribution is -2.42. The zero-order valence-electron chi connectivity index (χ0n) is 10.5. The molecular formula is C10H21NO4S. The first-order valence-electron chi connectivity index (χ1n) is 5.30. The van der Waals surface area contributed by atoms with Gasteiger partial charge in [0.25, 0.3) is 0 Å². The minimum absolute atomic E-state index is 0.0140.